The van der Waals surface area contributed by atoms with Gasteiger partial charge in [-0.25, -0.2) is 4.68 Å². The van der Waals surface area contributed by atoms with E-state index in [0.717, 1.165) is 12.8 Å². The van der Waals surface area contributed by atoms with Crippen molar-refractivity contribution in [2.24, 2.45) is 0 Å². The zero-order valence-electron chi connectivity index (χ0n) is 9.80. The summed E-state index contributed by atoms with van der Waals surface area (Å²) in [6.07, 6.45) is 6.03. The molecule has 1 aliphatic carbocycles. The molecule has 0 bridgehead atoms. The lowest BCUT2D eigenvalue weighted by molar-refractivity contribution is -0.120. The second-order valence-electron chi connectivity index (χ2n) is 4.27. The molecule has 3 N–H and O–H groups in total. The molecule has 7 heteroatoms. The van der Waals surface area contributed by atoms with Gasteiger partial charge in [0, 0.05) is 6.04 Å². The quantitative estimate of drug-likeness (QED) is 0.605. The maximum absolute atomic E-state index is 11.9. The van der Waals surface area contributed by atoms with Crippen LogP contribution in [0, 0.1) is 0 Å². The van der Waals surface area contributed by atoms with Crippen molar-refractivity contribution >= 4 is 17.7 Å². The number of carbonyl (C=O) groups is 1. The number of nitrogens with one attached hydrogen (secondary N) is 1. The van der Waals surface area contributed by atoms with Crippen LogP contribution >= 0.6 is 11.8 Å². The first-order valence-corrected chi connectivity index (χ1v) is 6.67. The summed E-state index contributed by atoms with van der Waals surface area (Å²) in [4.78, 5) is 11.9. The van der Waals surface area contributed by atoms with E-state index in [1.165, 1.54) is 35.6 Å². The number of carbonyl (C=O) groups excluding carboxylic acids is 1. The van der Waals surface area contributed by atoms with Gasteiger partial charge < -0.3 is 11.2 Å². The van der Waals surface area contributed by atoms with Gasteiger partial charge in [-0.1, -0.05) is 24.6 Å². The zero-order valence-corrected chi connectivity index (χ0v) is 10.6. The number of nitrogens with zero attached hydrogens (tertiary/aromatic N) is 3. The fourth-order valence-corrected chi connectivity index (χ4v) is 2.67. The largest absolute Gasteiger partial charge is 0.352 e. The molecule has 0 aliphatic heterocycles. The molecule has 1 aliphatic rings. The van der Waals surface area contributed by atoms with Gasteiger partial charge in [0.2, 0.25) is 11.1 Å². The van der Waals surface area contributed by atoms with Crippen molar-refractivity contribution in [1.82, 2.24) is 20.2 Å². The maximum atomic E-state index is 11.9. The summed E-state index contributed by atoms with van der Waals surface area (Å²) in [6.45, 7) is 1.85. The SMILES string of the molecule is C[C@@H](Sc1nncn1N)C(=O)NC1CCCC1. The first-order valence-electron chi connectivity index (χ1n) is 5.79. The maximum Gasteiger partial charge on any atom is 0.233 e. The normalized spacial score (nSPS) is 18.2. The third-order valence-corrected chi connectivity index (χ3v) is 3.96. The van der Waals surface area contributed by atoms with Gasteiger partial charge in [-0.3, -0.25) is 4.79 Å². The second kappa shape index (κ2) is 5.39. The van der Waals surface area contributed by atoms with Crippen molar-refractivity contribution in [3.8, 4) is 0 Å². The average Bonchev–Trinajstić information content (AvgIpc) is 2.91. The summed E-state index contributed by atoms with van der Waals surface area (Å²) in [5.74, 6) is 5.64. The Labute approximate surface area is 104 Å². The lowest BCUT2D eigenvalue weighted by Gasteiger charge is -2.15. The highest BCUT2D eigenvalue weighted by Crippen LogP contribution is 2.21. The minimum absolute atomic E-state index is 0.0462. The van der Waals surface area contributed by atoms with E-state index in [-0.39, 0.29) is 11.2 Å². The smallest absolute Gasteiger partial charge is 0.233 e. The number of hydrogen-bond acceptors (Lipinski definition) is 5. The Kier molecular flexibility index (Phi) is 3.88. The molecule has 1 aromatic rings. The van der Waals surface area contributed by atoms with Crippen LogP contribution in [0.5, 0.6) is 0 Å². The van der Waals surface area contributed by atoms with Crippen LogP contribution in [0.25, 0.3) is 0 Å². The van der Waals surface area contributed by atoms with Crippen LogP contribution < -0.4 is 11.2 Å². The highest BCUT2D eigenvalue weighted by atomic mass is 32.2. The van der Waals surface area contributed by atoms with Crippen molar-refractivity contribution in [2.75, 3.05) is 5.84 Å². The molecule has 1 heterocycles. The fraction of sp³-hybridized carbons (Fsp3) is 0.700. The first-order chi connectivity index (χ1) is 8.16. The molecular formula is C10H17N5OS. The molecule has 6 nitrogen and oxygen atoms in total. The summed E-state index contributed by atoms with van der Waals surface area (Å²) in [5.41, 5.74) is 0. The molecule has 17 heavy (non-hydrogen) atoms. The van der Waals surface area contributed by atoms with E-state index in [1.807, 2.05) is 6.92 Å². The van der Waals surface area contributed by atoms with Crippen LogP contribution in [0.15, 0.2) is 11.5 Å². The van der Waals surface area contributed by atoms with Gasteiger partial charge in [0.05, 0.1) is 5.25 Å². The van der Waals surface area contributed by atoms with Crippen molar-refractivity contribution < 1.29 is 4.79 Å². The van der Waals surface area contributed by atoms with Gasteiger partial charge in [0.1, 0.15) is 6.33 Å². The van der Waals surface area contributed by atoms with E-state index < -0.39 is 0 Å². The standard InChI is InChI=1S/C10H17N5OS/c1-7(17-10-14-12-6-15(10)11)9(16)13-8-4-2-3-5-8/h6-8H,2-5,11H2,1H3,(H,13,16)/t7-/m1/s1. The van der Waals surface area contributed by atoms with Gasteiger partial charge >= 0.3 is 0 Å². The number of thioether (sulfide) groups is 1. The monoisotopic (exact) mass is 255 g/mol. The van der Waals surface area contributed by atoms with Gasteiger partial charge in [0.25, 0.3) is 0 Å². The average molecular weight is 255 g/mol. The molecule has 0 spiro atoms. The number of nitrogens with two attached hydrogens (primary N) is 1. The highest BCUT2D eigenvalue weighted by molar-refractivity contribution is 8.00. The number of nitrogen functional groups attached to an aromatic ring is 1. The van der Waals surface area contributed by atoms with Gasteiger partial charge in [-0.2, -0.15) is 0 Å². The number of amides is 1. The predicted molar refractivity (Wildman–Crippen MR) is 65.9 cm³/mol. The van der Waals surface area contributed by atoms with Crippen molar-refractivity contribution in [3.63, 3.8) is 0 Å². The molecule has 2 rings (SSSR count). The lowest BCUT2D eigenvalue weighted by atomic mass is 10.2. The Hall–Kier alpha value is -1.24. The van der Waals surface area contributed by atoms with Crippen LogP contribution in [-0.2, 0) is 4.79 Å². The van der Waals surface area contributed by atoms with E-state index >= 15 is 0 Å². The Morgan fingerprint density at radius 3 is 2.94 bits per heavy atom. The molecule has 94 valence electrons. The van der Waals surface area contributed by atoms with E-state index in [4.69, 9.17) is 5.84 Å². The Morgan fingerprint density at radius 1 is 1.65 bits per heavy atom. The topological polar surface area (TPSA) is 85.8 Å². The van der Waals surface area contributed by atoms with Crippen LogP contribution in [0.4, 0.5) is 0 Å². The number of rotatable bonds is 4. The summed E-state index contributed by atoms with van der Waals surface area (Å²) < 4.78 is 1.32. The van der Waals surface area contributed by atoms with Gasteiger partial charge in [-0.05, 0) is 19.8 Å². The molecule has 1 amide bonds. The number of aromatic nitrogens is 3. The van der Waals surface area contributed by atoms with Crippen molar-refractivity contribution in [2.45, 2.75) is 49.1 Å². The van der Waals surface area contributed by atoms with Gasteiger partial charge in [0.15, 0.2) is 0 Å². The third-order valence-electron chi connectivity index (χ3n) is 2.89. The van der Waals surface area contributed by atoms with E-state index in [9.17, 15) is 4.79 Å². The molecule has 0 radical (unpaired) electrons. The fourth-order valence-electron chi connectivity index (χ4n) is 1.92. The van der Waals surface area contributed by atoms with Gasteiger partial charge in [-0.15, -0.1) is 10.2 Å². The van der Waals surface area contributed by atoms with Crippen LogP contribution in [0.1, 0.15) is 32.6 Å². The highest BCUT2D eigenvalue weighted by Gasteiger charge is 2.22. The lowest BCUT2D eigenvalue weighted by Crippen LogP contribution is -2.37. The summed E-state index contributed by atoms with van der Waals surface area (Å²) >= 11 is 1.32. The molecule has 1 saturated carbocycles. The molecule has 0 aromatic carbocycles. The molecule has 1 fully saturated rings. The third kappa shape index (κ3) is 3.12. The molecule has 1 aromatic heterocycles. The first kappa shape index (κ1) is 12.2. The molecule has 0 unspecified atom stereocenters. The van der Waals surface area contributed by atoms with Crippen LogP contribution in [0.3, 0.4) is 0 Å². The van der Waals surface area contributed by atoms with Crippen LogP contribution in [0.2, 0.25) is 0 Å². The Morgan fingerprint density at radius 2 is 2.35 bits per heavy atom. The van der Waals surface area contributed by atoms with Crippen molar-refractivity contribution in [1.29, 1.82) is 0 Å². The Bertz CT molecular complexity index is 388. The van der Waals surface area contributed by atoms with Crippen LogP contribution in [-0.4, -0.2) is 32.1 Å². The predicted octanol–water partition coefficient (Wildman–Crippen LogP) is 0.531. The summed E-state index contributed by atoms with van der Waals surface area (Å²) in [7, 11) is 0. The molecule has 1 atom stereocenters. The van der Waals surface area contributed by atoms with E-state index in [1.54, 1.807) is 0 Å². The number of hydrogen-bond donors (Lipinski definition) is 2. The zero-order chi connectivity index (χ0) is 12.3. The Balaban J connectivity index is 1.84. The van der Waals surface area contributed by atoms with E-state index in [2.05, 4.69) is 15.5 Å². The minimum atomic E-state index is -0.206. The summed E-state index contributed by atoms with van der Waals surface area (Å²) in [5, 5.41) is 10.9. The minimum Gasteiger partial charge on any atom is -0.352 e. The van der Waals surface area contributed by atoms with E-state index in [0.29, 0.717) is 11.2 Å². The van der Waals surface area contributed by atoms with Crippen molar-refractivity contribution in [3.05, 3.63) is 6.33 Å². The summed E-state index contributed by atoms with van der Waals surface area (Å²) in [6, 6.07) is 0.348. The molecule has 0 saturated heterocycles. The molecular weight excluding hydrogens is 238 g/mol. The second-order valence-corrected chi connectivity index (χ2v) is 5.58.